The van der Waals surface area contributed by atoms with Crippen molar-refractivity contribution in [3.8, 4) is 5.75 Å². The van der Waals surface area contributed by atoms with E-state index in [0.717, 1.165) is 12.8 Å². The van der Waals surface area contributed by atoms with E-state index < -0.39 is 24.0 Å². The molecule has 0 spiro atoms. The number of rotatable bonds is 8. The highest BCUT2D eigenvalue weighted by Gasteiger charge is 2.26. The van der Waals surface area contributed by atoms with Crippen LogP contribution in [0.1, 0.15) is 37.0 Å². The van der Waals surface area contributed by atoms with Crippen LogP contribution in [0.4, 0.5) is 0 Å². The van der Waals surface area contributed by atoms with Gasteiger partial charge >= 0.3 is 5.97 Å². The second-order valence-electron chi connectivity index (χ2n) is 4.94. The second-order valence-corrected chi connectivity index (χ2v) is 4.94. The SMILES string of the molecule is CCCCOc1ccc(C(=O)NC(C(=O)OC)C(C)O)cc1. The van der Waals surface area contributed by atoms with E-state index in [4.69, 9.17) is 4.74 Å². The molecule has 0 aromatic heterocycles. The van der Waals surface area contributed by atoms with Crippen molar-refractivity contribution >= 4 is 11.9 Å². The average Bonchev–Trinajstić information content (AvgIpc) is 2.52. The molecule has 1 aromatic rings. The van der Waals surface area contributed by atoms with E-state index in [-0.39, 0.29) is 0 Å². The number of hydrogen-bond acceptors (Lipinski definition) is 5. The Balaban J connectivity index is 2.66. The maximum atomic E-state index is 12.1. The van der Waals surface area contributed by atoms with Crippen LogP contribution in [0.3, 0.4) is 0 Å². The maximum Gasteiger partial charge on any atom is 0.331 e. The van der Waals surface area contributed by atoms with Gasteiger partial charge in [-0.05, 0) is 37.6 Å². The van der Waals surface area contributed by atoms with Crippen molar-refractivity contribution in [1.82, 2.24) is 5.32 Å². The van der Waals surface area contributed by atoms with E-state index in [2.05, 4.69) is 17.0 Å². The van der Waals surface area contributed by atoms with Gasteiger partial charge in [0.05, 0.1) is 19.8 Å². The van der Waals surface area contributed by atoms with Crippen LogP contribution in [0.25, 0.3) is 0 Å². The number of amides is 1. The fourth-order valence-electron chi connectivity index (χ4n) is 1.76. The number of carbonyl (C=O) groups is 2. The van der Waals surface area contributed by atoms with Crippen LogP contribution in [0.5, 0.6) is 5.75 Å². The number of methoxy groups -OCH3 is 1. The average molecular weight is 309 g/mol. The van der Waals surface area contributed by atoms with Crippen LogP contribution in [0.2, 0.25) is 0 Å². The highest BCUT2D eigenvalue weighted by molar-refractivity contribution is 5.97. The Hall–Kier alpha value is -2.08. The molecule has 0 radical (unpaired) electrons. The number of hydrogen-bond donors (Lipinski definition) is 2. The highest BCUT2D eigenvalue weighted by atomic mass is 16.5. The molecule has 0 fully saturated rings. The first kappa shape index (κ1) is 18.0. The molecule has 1 aromatic carbocycles. The van der Waals surface area contributed by atoms with Crippen molar-refractivity contribution in [3.05, 3.63) is 29.8 Å². The topological polar surface area (TPSA) is 84.9 Å². The van der Waals surface area contributed by atoms with E-state index in [9.17, 15) is 14.7 Å². The minimum Gasteiger partial charge on any atom is -0.494 e. The van der Waals surface area contributed by atoms with Gasteiger partial charge in [-0.15, -0.1) is 0 Å². The fourth-order valence-corrected chi connectivity index (χ4v) is 1.76. The third kappa shape index (κ3) is 5.37. The summed E-state index contributed by atoms with van der Waals surface area (Å²) in [7, 11) is 1.20. The zero-order chi connectivity index (χ0) is 16.5. The van der Waals surface area contributed by atoms with Gasteiger partial charge in [0.2, 0.25) is 0 Å². The quantitative estimate of drug-likeness (QED) is 0.562. The van der Waals surface area contributed by atoms with Gasteiger partial charge in [0.1, 0.15) is 5.75 Å². The molecule has 0 heterocycles. The smallest absolute Gasteiger partial charge is 0.331 e. The van der Waals surface area contributed by atoms with E-state index in [1.807, 2.05) is 0 Å². The minimum absolute atomic E-state index is 0.373. The summed E-state index contributed by atoms with van der Waals surface area (Å²) in [6.45, 7) is 4.12. The molecule has 6 heteroatoms. The first-order chi connectivity index (χ1) is 10.5. The Morgan fingerprint density at radius 1 is 1.27 bits per heavy atom. The van der Waals surface area contributed by atoms with E-state index >= 15 is 0 Å². The molecule has 0 aliphatic carbocycles. The van der Waals surface area contributed by atoms with Gasteiger partial charge in [-0.25, -0.2) is 4.79 Å². The number of aliphatic hydroxyl groups is 1. The zero-order valence-corrected chi connectivity index (χ0v) is 13.2. The molecule has 0 aliphatic heterocycles. The third-order valence-electron chi connectivity index (χ3n) is 3.11. The number of aliphatic hydroxyl groups excluding tert-OH is 1. The van der Waals surface area contributed by atoms with Crippen LogP contribution in [-0.2, 0) is 9.53 Å². The van der Waals surface area contributed by atoms with Crippen molar-refractivity contribution < 1.29 is 24.2 Å². The molecule has 0 saturated carbocycles. The first-order valence-corrected chi connectivity index (χ1v) is 7.29. The molecule has 1 rings (SSSR count). The summed E-state index contributed by atoms with van der Waals surface area (Å²) in [5.74, 6) is -0.468. The molecule has 0 aliphatic rings. The predicted octanol–water partition coefficient (Wildman–Crippen LogP) is 1.52. The number of nitrogens with one attached hydrogen (secondary N) is 1. The van der Waals surface area contributed by atoms with Gasteiger partial charge in [0, 0.05) is 5.56 Å². The monoisotopic (exact) mass is 309 g/mol. The molecule has 1 amide bonds. The molecule has 2 N–H and O–H groups in total. The molecule has 0 bridgehead atoms. The van der Waals surface area contributed by atoms with Crippen molar-refractivity contribution in [1.29, 1.82) is 0 Å². The predicted molar refractivity (Wildman–Crippen MR) is 81.8 cm³/mol. The summed E-state index contributed by atoms with van der Waals surface area (Å²) in [5, 5.41) is 12.0. The lowest BCUT2D eigenvalue weighted by atomic mass is 10.1. The lowest BCUT2D eigenvalue weighted by Crippen LogP contribution is -2.48. The van der Waals surface area contributed by atoms with Gasteiger partial charge in [0.25, 0.3) is 5.91 Å². The zero-order valence-electron chi connectivity index (χ0n) is 13.2. The molecule has 122 valence electrons. The van der Waals surface area contributed by atoms with Crippen LogP contribution in [-0.4, -0.2) is 42.8 Å². The van der Waals surface area contributed by atoms with E-state index in [1.165, 1.54) is 14.0 Å². The first-order valence-electron chi connectivity index (χ1n) is 7.29. The highest BCUT2D eigenvalue weighted by Crippen LogP contribution is 2.13. The lowest BCUT2D eigenvalue weighted by molar-refractivity contribution is -0.145. The second kappa shape index (κ2) is 9.04. The summed E-state index contributed by atoms with van der Waals surface area (Å²) >= 11 is 0. The molecule has 22 heavy (non-hydrogen) atoms. The van der Waals surface area contributed by atoms with Gasteiger partial charge in [-0.3, -0.25) is 4.79 Å². The number of carbonyl (C=O) groups excluding carboxylic acids is 2. The molecule has 2 atom stereocenters. The summed E-state index contributed by atoms with van der Waals surface area (Å²) in [6, 6.07) is 5.50. The van der Waals surface area contributed by atoms with E-state index in [0.29, 0.717) is 17.9 Å². The van der Waals surface area contributed by atoms with Crippen LogP contribution >= 0.6 is 0 Å². The Morgan fingerprint density at radius 3 is 2.41 bits per heavy atom. The van der Waals surface area contributed by atoms with Crippen LogP contribution < -0.4 is 10.1 Å². The Kier molecular flexibility index (Phi) is 7.39. The van der Waals surface area contributed by atoms with Gasteiger partial charge < -0.3 is 19.9 Å². The van der Waals surface area contributed by atoms with Crippen LogP contribution in [0.15, 0.2) is 24.3 Å². The summed E-state index contributed by atoms with van der Waals surface area (Å²) in [6.07, 6.45) is 0.972. The fraction of sp³-hybridized carbons (Fsp3) is 0.500. The summed E-state index contributed by atoms with van der Waals surface area (Å²) in [5.41, 5.74) is 0.373. The largest absolute Gasteiger partial charge is 0.494 e. The standard InChI is InChI=1S/C16H23NO5/c1-4-5-10-22-13-8-6-12(7-9-13)15(19)17-14(11(2)18)16(20)21-3/h6-9,11,14,18H,4-5,10H2,1-3H3,(H,17,19). The number of unbranched alkanes of at least 4 members (excludes halogenated alkanes) is 1. The molecular formula is C16H23NO5. The molecule has 6 nitrogen and oxygen atoms in total. The van der Waals surface area contributed by atoms with Crippen molar-refractivity contribution in [2.75, 3.05) is 13.7 Å². The molecular weight excluding hydrogens is 286 g/mol. The number of benzene rings is 1. The van der Waals surface area contributed by atoms with Gasteiger partial charge in [0.15, 0.2) is 6.04 Å². The van der Waals surface area contributed by atoms with Crippen molar-refractivity contribution in [2.45, 2.75) is 38.8 Å². The number of ether oxygens (including phenoxy) is 2. The van der Waals surface area contributed by atoms with Gasteiger partial charge in [-0.1, -0.05) is 13.3 Å². The summed E-state index contributed by atoms with van der Waals surface area (Å²) in [4.78, 5) is 23.6. The van der Waals surface area contributed by atoms with Crippen molar-refractivity contribution in [2.24, 2.45) is 0 Å². The van der Waals surface area contributed by atoms with E-state index in [1.54, 1.807) is 24.3 Å². The Labute approximate surface area is 130 Å². The number of esters is 1. The van der Waals surface area contributed by atoms with Crippen molar-refractivity contribution in [3.63, 3.8) is 0 Å². The summed E-state index contributed by atoms with van der Waals surface area (Å²) < 4.78 is 10.1. The molecule has 2 unspecified atom stereocenters. The lowest BCUT2D eigenvalue weighted by Gasteiger charge is -2.19. The maximum absolute atomic E-state index is 12.1. The van der Waals surface area contributed by atoms with Gasteiger partial charge in [-0.2, -0.15) is 0 Å². The third-order valence-corrected chi connectivity index (χ3v) is 3.11. The Bertz CT molecular complexity index is 484. The normalized spacial score (nSPS) is 13.1. The van der Waals surface area contributed by atoms with Crippen LogP contribution in [0, 0.1) is 0 Å². The minimum atomic E-state index is -1.10. The Morgan fingerprint density at radius 2 is 1.91 bits per heavy atom. The molecule has 0 saturated heterocycles.